The fourth-order valence-electron chi connectivity index (χ4n) is 1.59. The van der Waals surface area contributed by atoms with Crippen molar-refractivity contribution in [3.63, 3.8) is 0 Å². The van der Waals surface area contributed by atoms with E-state index in [0.717, 1.165) is 16.7 Å². The largest absolute Gasteiger partial charge is 0.505 e. The van der Waals surface area contributed by atoms with Gasteiger partial charge in [-0.25, -0.2) is 0 Å². The maximum atomic E-state index is 12.1. The Balaban J connectivity index is 2.33. The standard InChI is InChI=1S/C12H7Cl2NO4S2/c13-6-1-5(2-7(14)10(6)18)3-8-11(19)15(4-9(16)17)12(20)21-8/h1-3,18H,4H2,(H,16,17)/b8-3+. The van der Waals surface area contributed by atoms with Crippen molar-refractivity contribution in [3.05, 3.63) is 32.6 Å². The molecule has 1 aromatic carbocycles. The molecule has 1 saturated heterocycles. The van der Waals surface area contributed by atoms with Gasteiger partial charge < -0.3 is 10.2 Å². The van der Waals surface area contributed by atoms with Gasteiger partial charge in [-0.2, -0.15) is 0 Å². The number of carboxylic acid groups (broad SMARTS) is 1. The van der Waals surface area contributed by atoms with Crippen molar-refractivity contribution in [2.45, 2.75) is 0 Å². The first-order chi connectivity index (χ1) is 9.79. The molecule has 0 unspecified atom stereocenters. The monoisotopic (exact) mass is 363 g/mol. The number of phenolic OH excluding ortho intramolecular Hbond substituents is 1. The van der Waals surface area contributed by atoms with Crippen molar-refractivity contribution in [1.82, 2.24) is 4.90 Å². The maximum Gasteiger partial charge on any atom is 0.323 e. The Morgan fingerprint density at radius 3 is 2.48 bits per heavy atom. The zero-order valence-electron chi connectivity index (χ0n) is 10.2. The molecule has 5 nitrogen and oxygen atoms in total. The van der Waals surface area contributed by atoms with Gasteiger partial charge in [-0.1, -0.05) is 47.2 Å². The molecule has 21 heavy (non-hydrogen) atoms. The summed E-state index contributed by atoms with van der Waals surface area (Å²) < 4.78 is 0.171. The number of rotatable bonds is 3. The minimum absolute atomic E-state index is 0.0507. The van der Waals surface area contributed by atoms with Crippen molar-refractivity contribution < 1.29 is 19.8 Å². The van der Waals surface area contributed by atoms with Crippen molar-refractivity contribution in [2.24, 2.45) is 0 Å². The summed E-state index contributed by atoms with van der Waals surface area (Å²) in [5.41, 5.74) is 0.499. The number of thiocarbonyl (C=S) groups is 1. The smallest absolute Gasteiger partial charge is 0.323 e. The molecule has 1 aliphatic heterocycles. The lowest BCUT2D eigenvalue weighted by molar-refractivity contribution is -0.140. The van der Waals surface area contributed by atoms with Gasteiger partial charge in [-0.3, -0.25) is 14.5 Å². The first-order valence-corrected chi connectivity index (χ1v) is 7.43. The topological polar surface area (TPSA) is 77.8 Å². The summed E-state index contributed by atoms with van der Waals surface area (Å²) in [6.45, 7) is -0.487. The van der Waals surface area contributed by atoms with E-state index in [0.29, 0.717) is 5.56 Å². The van der Waals surface area contributed by atoms with Crippen LogP contribution in [0.1, 0.15) is 5.56 Å². The highest BCUT2D eigenvalue weighted by molar-refractivity contribution is 8.26. The Labute approximate surface area is 139 Å². The van der Waals surface area contributed by atoms with Gasteiger partial charge >= 0.3 is 5.97 Å². The summed E-state index contributed by atoms with van der Waals surface area (Å²) >= 11 is 17.6. The summed E-state index contributed by atoms with van der Waals surface area (Å²) in [5.74, 6) is -1.88. The summed E-state index contributed by atoms with van der Waals surface area (Å²) in [6.07, 6.45) is 1.48. The molecule has 1 heterocycles. The number of carboxylic acids is 1. The Morgan fingerprint density at radius 2 is 1.95 bits per heavy atom. The average molecular weight is 364 g/mol. The fraction of sp³-hybridized carbons (Fsp3) is 0.0833. The molecular weight excluding hydrogens is 357 g/mol. The van der Waals surface area contributed by atoms with Crippen LogP contribution in [0.5, 0.6) is 5.75 Å². The molecule has 0 saturated carbocycles. The third-order valence-electron chi connectivity index (χ3n) is 2.50. The number of carbonyl (C=O) groups is 2. The molecule has 0 bridgehead atoms. The number of aromatic hydroxyl groups is 1. The van der Waals surface area contributed by atoms with Crippen LogP contribution >= 0.6 is 47.2 Å². The van der Waals surface area contributed by atoms with E-state index >= 15 is 0 Å². The lowest BCUT2D eigenvalue weighted by Crippen LogP contribution is -2.33. The van der Waals surface area contributed by atoms with Crippen LogP contribution in [0.3, 0.4) is 0 Å². The van der Waals surface area contributed by atoms with Crippen LogP contribution in [0.25, 0.3) is 6.08 Å². The fourth-order valence-corrected chi connectivity index (χ4v) is 3.35. The van der Waals surface area contributed by atoms with E-state index in [2.05, 4.69) is 0 Å². The number of amides is 1. The van der Waals surface area contributed by atoms with Crippen LogP contribution in [0.4, 0.5) is 0 Å². The van der Waals surface area contributed by atoms with Crippen molar-refractivity contribution >= 4 is 69.5 Å². The molecule has 0 aromatic heterocycles. The minimum Gasteiger partial charge on any atom is -0.505 e. The molecule has 0 aliphatic carbocycles. The van der Waals surface area contributed by atoms with Crippen LogP contribution in [0.15, 0.2) is 17.0 Å². The number of phenols is 1. The number of carbonyl (C=O) groups excluding carboxylic acids is 1. The summed E-state index contributed by atoms with van der Waals surface area (Å²) in [5, 5.41) is 18.3. The van der Waals surface area contributed by atoms with E-state index < -0.39 is 18.4 Å². The van der Waals surface area contributed by atoms with E-state index in [9.17, 15) is 14.7 Å². The van der Waals surface area contributed by atoms with Crippen LogP contribution in [0.2, 0.25) is 10.0 Å². The summed E-state index contributed by atoms with van der Waals surface area (Å²) in [4.78, 5) is 24.0. The van der Waals surface area contributed by atoms with E-state index in [1.54, 1.807) is 0 Å². The Bertz CT molecular complexity index is 667. The quantitative estimate of drug-likeness (QED) is 0.634. The van der Waals surface area contributed by atoms with Crippen molar-refractivity contribution in [1.29, 1.82) is 0 Å². The van der Waals surface area contributed by atoms with E-state index in [1.165, 1.54) is 18.2 Å². The molecule has 110 valence electrons. The molecule has 1 amide bonds. The number of thioether (sulfide) groups is 1. The van der Waals surface area contributed by atoms with E-state index in [1.807, 2.05) is 0 Å². The highest BCUT2D eigenvalue weighted by atomic mass is 35.5. The number of halogens is 2. The lowest BCUT2D eigenvalue weighted by Gasteiger charge is -2.10. The van der Waals surface area contributed by atoms with Gasteiger partial charge in [0.15, 0.2) is 5.75 Å². The van der Waals surface area contributed by atoms with Crippen LogP contribution in [-0.4, -0.2) is 37.9 Å². The van der Waals surface area contributed by atoms with Crippen molar-refractivity contribution in [2.75, 3.05) is 6.54 Å². The van der Waals surface area contributed by atoms with Crippen LogP contribution in [-0.2, 0) is 9.59 Å². The number of nitrogens with zero attached hydrogens (tertiary/aromatic N) is 1. The third-order valence-corrected chi connectivity index (χ3v) is 4.46. The first-order valence-electron chi connectivity index (χ1n) is 5.44. The molecule has 2 N–H and O–H groups in total. The molecule has 1 fully saturated rings. The van der Waals surface area contributed by atoms with Gasteiger partial charge in [-0.05, 0) is 23.8 Å². The van der Waals surface area contributed by atoms with Gasteiger partial charge in [0.05, 0.1) is 15.0 Å². The molecule has 0 radical (unpaired) electrons. The number of benzene rings is 1. The van der Waals surface area contributed by atoms with E-state index in [-0.39, 0.29) is 25.0 Å². The molecule has 1 aromatic rings. The number of aliphatic carboxylic acids is 1. The Hall–Kier alpha value is -1.28. The highest BCUT2D eigenvalue weighted by Crippen LogP contribution is 2.36. The molecule has 1 aliphatic rings. The SMILES string of the molecule is O=C(O)CN1C(=O)/C(=C\c2cc(Cl)c(O)c(Cl)c2)SC1=S. The zero-order valence-corrected chi connectivity index (χ0v) is 13.3. The second-order valence-corrected chi connectivity index (χ2v) is 6.48. The van der Waals surface area contributed by atoms with Crippen molar-refractivity contribution in [3.8, 4) is 5.75 Å². The van der Waals surface area contributed by atoms with Gasteiger partial charge in [0.25, 0.3) is 5.91 Å². The Morgan fingerprint density at radius 1 is 1.38 bits per heavy atom. The zero-order chi connectivity index (χ0) is 15.7. The minimum atomic E-state index is -1.15. The Kier molecular flexibility index (Phi) is 4.77. The number of hydrogen-bond donors (Lipinski definition) is 2. The molecular formula is C12H7Cl2NO4S2. The van der Waals surface area contributed by atoms with Crippen LogP contribution < -0.4 is 0 Å². The van der Waals surface area contributed by atoms with Gasteiger partial charge in [0.1, 0.15) is 10.9 Å². The predicted molar refractivity (Wildman–Crippen MR) is 85.6 cm³/mol. The highest BCUT2D eigenvalue weighted by Gasteiger charge is 2.33. The lowest BCUT2D eigenvalue weighted by atomic mass is 10.2. The molecule has 0 spiro atoms. The van der Waals surface area contributed by atoms with E-state index in [4.69, 9.17) is 40.5 Å². The van der Waals surface area contributed by atoms with Gasteiger partial charge in [0, 0.05) is 0 Å². The second kappa shape index (κ2) is 6.23. The predicted octanol–water partition coefficient (Wildman–Crippen LogP) is 2.98. The average Bonchev–Trinajstić information content (AvgIpc) is 2.63. The normalized spacial score (nSPS) is 16.9. The van der Waals surface area contributed by atoms with Gasteiger partial charge in [0.2, 0.25) is 0 Å². The summed E-state index contributed by atoms with van der Waals surface area (Å²) in [7, 11) is 0. The molecule has 2 rings (SSSR count). The van der Waals surface area contributed by atoms with Gasteiger partial charge in [-0.15, -0.1) is 0 Å². The molecule has 9 heteroatoms. The molecule has 0 atom stereocenters. The maximum absolute atomic E-state index is 12.1. The second-order valence-electron chi connectivity index (χ2n) is 3.99. The third kappa shape index (κ3) is 3.49. The van der Waals surface area contributed by atoms with Crippen LogP contribution in [0, 0.1) is 0 Å². The summed E-state index contributed by atoms with van der Waals surface area (Å²) in [6, 6.07) is 2.87. The number of hydrogen-bond acceptors (Lipinski definition) is 5. The first kappa shape index (κ1) is 16.1.